The molecular formula is C16H18N2O2. The van der Waals surface area contributed by atoms with Crippen molar-refractivity contribution < 1.29 is 9.90 Å². The van der Waals surface area contributed by atoms with Gasteiger partial charge in [0, 0.05) is 6.08 Å². The fourth-order valence-electron chi connectivity index (χ4n) is 2.39. The predicted octanol–water partition coefficient (Wildman–Crippen LogP) is 1.99. The highest BCUT2D eigenvalue weighted by molar-refractivity contribution is 5.92. The zero-order chi connectivity index (χ0) is 14.4. The van der Waals surface area contributed by atoms with Crippen molar-refractivity contribution in [2.24, 2.45) is 0 Å². The highest BCUT2D eigenvalue weighted by atomic mass is 16.3. The minimum atomic E-state index is -0.442. The maximum atomic E-state index is 11.8. The van der Waals surface area contributed by atoms with Crippen LogP contribution in [0.3, 0.4) is 0 Å². The third kappa shape index (κ3) is 3.94. The number of nitriles is 1. The lowest BCUT2D eigenvalue weighted by atomic mass is 9.92. The van der Waals surface area contributed by atoms with E-state index in [2.05, 4.69) is 11.4 Å². The zero-order valence-corrected chi connectivity index (χ0v) is 11.2. The van der Waals surface area contributed by atoms with E-state index in [-0.39, 0.29) is 11.9 Å². The molecule has 0 heterocycles. The number of aliphatic hydroxyl groups is 1. The van der Waals surface area contributed by atoms with Crippen LogP contribution in [0, 0.1) is 11.3 Å². The van der Waals surface area contributed by atoms with Crippen LogP contribution in [-0.2, 0) is 4.79 Å². The molecule has 1 aliphatic rings. The molecule has 1 aromatic rings. The molecule has 0 aromatic heterocycles. The first-order valence-corrected chi connectivity index (χ1v) is 6.86. The Labute approximate surface area is 118 Å². The number of carbonyl (C=O) groups excluding carboxylic acids is 1. The molecule has 2 atom stereocenters. The molecule has 104 valence electrons. The summed E-state index contributed by atoms with van der Waals surface area (Å²) >= 11 is 0. The van der Waals surface area contributed by atoms with Gasteiger partial charge < -0.3 is 10.4 Å². The van der Waals surface area contributed by atoms with Gasteiger partial charge in [-0.3, -0.25) is 4.79 Å². The van der Waals surface area contributed by atoms with Crippen molar-refractivity contribution in [2.45, 2.75) is 37.8 Å². The summed E-state index contributed by atoms with van der Waals surface area (Å²) in [6.07, 6.45) is 6.30. The van der Waals surface area contributed by atoms with E-state index >= 15 is 0 Å². The van der Waals surface area contributed by atoms with Crippen LogP contribution < -0.4 is 5.32 Å². The first kappa shape index (κ1) is 14.3. The van der Waals surface area contributed by atoms with Crippen molar-refractivity contribution in [1.82, 2.24) is 5.32 Å². The van der Waals surface area contributed by atoms with E-state index < -0.39 is 6.10 Å². The summed E-state index contributed by atoms with van der Waals surface area (Å²) in [5.74, 6) is -0.210. The van der Waals surface area contributed by atoms with Gasteiger partial charge in [-0.05, 0) is 36.6 Å². The van der Waals surface area contributed by atoms with Crippen LogP contribution in [0.4, 0.5) is 0 Å². The van der Waals surface area contributed by atoms with Crippen LogP contribution in [0.1, 0.15) is 36.8 Å². The molecule has 1 aliphatic carbocycles. The Morgan fingerprint density at radius 1 is 1.40 bits per heavy atom. The molecule has 20 heavy (non-hydrogen) atoms. The Balaban J connectivity index is 1.93. The summed E-state index contributed by atoms with van der Waals surface area (Å²) in [5.41, 5.74) is 1.37. The average Bonchev–Trinajstić information content (AvgIpc) is 2.48. The van der Waals surface area contributed by atoms with Crippen molar-refractivity contribution in [1.29, 1.82) is 5.26 Å². The third-order valence-electron chi connectivity index (χ3n) is 3.50. The molecule has 1 fully saturated rings. The number of benzene rings is 1. The Morgan fingerprint density at radius 2 is 2.20 bits per heavy atom. The molecule has 4 nitrogen and oxygen atoms in total. The lowest BCUT2D eigenvalue weighted by molar-refractivity contribution is -0.118. The predicted molar refractivity (Wildman–Crippen MR) is 76.6 cm³/mol. The zero-order valence-electron chi connectivity index (χ0n) is 11.2. The maximum absolute atomic E-state index is 11.8. The van der Waals surface area contributed by atoms with Crippen LogP contribution in [0.25, 0.3) is 6.08 Å². The molecule has 0 spiro atoms. The van der Waals surface area contributed by atoms with E-state index in [9.17, 15) is 9.90 Å². The lowest BCUT2D eigenvalue weighted by Crippen LogP contribution is -2.44. The molecule has 0 aliphatic heterocycles. The number of hydrogen-bond donors (Lipinski definition) is 2. The minimum absolute atomic E-state index is 0.147. The first-order valence-electron chi connectivity index (χ1n) is 6.86. The van der Waals surface area contributed by atoms with Crippen molar-refractivity contribution in [3.8, 4) is 6.07 Å². The Bertz CT molecular complexity index is 546. The van der Waals surface area contributed by atoms with Gasteiger partial charge in [0.15, 0.2) is 0 Å². The number of rotatable bonds is 3. The molecule has 0 radical (unpaired) electrons. The maximum Gasteiger partial charge on any atom is 0.244 e. The van der Waals surface area contributed by atoms with Crippen LogP contribution in [-0.4, -0.2) is 23.2 Å². The van der Waals surface area contributed by atoms with Crippen molar-refractivity contribution in [2.75, 3.05) is 0 Å². The van der Waals surface area contributed by atoms with Crippen molar-refractivity contribution >= 4 is 12.0 Å². The molecule has 1 saturated carbocycles. The summed E-state index contributed by atoms with van der Waals surface area (Å²) in [4.78, 5) is 11.8. The molecule has 1 amide bonds. The molecule has 2 N–H and O–H groups in total. The summed E-state index contributed by atoms with van der Waals surface area (Å²) < 4.78 is 0. The Morgan fingerprint density at radius 3 is 2.95 bits per heavy atom. The van der Waals surface area contributed by atoms with Gasteiger partial charge in [-0.15, -0.1) is 0 Å². The van der Waals surface area contributed by atoms with E-state index in [4.69, 9.17) is 5.26 Å². The second kappa shape index (κ2) is 6.88. The van der Waals surface area contributed by atoms with E-state index in [1.165, 1.54) is 6.08 Å². The van der Waals surface area contributed by atoms with Gasteiger partial charge in [0.25, 0.3) is 0 Å². The van der Waals surface area contributed by atoms with Crippen LogP contribution in [0.5, 0.6) is 0 Å². The molecule has 0 bridgehead atoms. The van der Waals surface area contributed by atoms with Crippen LogP contribution >= 0.6 is 0 Å². The van der Waals surface area contributed by atoms with Gasteiger partial charge >= 0.3 is 0 Å². The quantitative estimate of drug-likeness (QED) is 0.825. The molecule has 1 aromatic carbocycles. The second-order valence-corrected chi connectivity index (χ2v) is 5.04. The molecule has 2 unspecified atom stereocenters. The number of carbonyl (C=O) groups is 1. The topological polar surface area (TPSA) is 73.1 Å². The third-order valence-corrected chi connectivity index (χ3v) is 3.50. The molecule has 2 rings (SSSR count). The number of aliphatic hydroxyl groups excluding tert-OH is 1. The Kier molecular flexibility index (Phi) is 4.91. The summed E-state index contributed by atoms with van der Waals surface area (Å²) in [6.45, 7) is 0. The summed E-state index contributed by atoms with van der Waals surface area (Å²) in [7, 11) is 0. The number of nitrogens with zero attached hydrogens (tertiary/aromatic N) is 1. The fraction of sp³-hybridized carbons (Fsp3) is 0.375. The molecule has 4 heteroatoms. The van der Waals surface area contributed by atoms with Crippen molar-refractivity contribution in [3.05, 3.63) is 41.5 Å². The van der Waals surface area contributed by atoms with E-state index in [1.807, 2.05) is 6.07 Å². The average molecular weight is 270 g/mol. The monoisotopic (exact) mass is 270 g/mol. The summed E-state index contributed by atoms with van der Waals surface area (Å²) in [6, 6.07) is 8.96. The standard InChI is InChI=1S/C16H18N2O2/c17-11-13-5-3-4-12(10-13)8-9-16(20)18-14-6-1-2-7-15(14)19/h3-5,8-10,14-15,19H,1-2,6-7H2,(H,18,20). The molecule has 0 saturated heterocycles. The van der Waals surface area contributed by atoms with Gasteiger partial charge in [0.05, 0.1) is 23.8 Å². The number of hydrogen-bond acceptors (Lipinski definition) is 3. The van der Waals surface area contributed by atoms with Crippen molar-refractivity contribution in [3.63, 3.8) is 0 Å². The van der Waals surface area contributed by atoms with Gasteiger partial charge in [-0.25, -0.2) is 0 Å². The summed E-state index contributed by atoms with van der Waals surface area (Å²) in [5, 5.41) is 21.4. The smallest absolute Gasteiger partial charge is 0.244 e. The van der Waals surface area contributed by atoms with Crippen LogP contribution in [0.15, 0.2) is 30.3 Å². The highest BCUT2D eigenvalue weighted by Gasteiger charge is 2.23. The Hall–Kier alpha value is -2.12. The van der Waals surface area contributed by atoms with E-state index in [0.717, 1.165) is 31.2 Å². The number of amides is 1. The fourth-order valence-corrected chi connectivity index (χ4v) is 2.39. The van der Waals surface area contributed by atoms with Crippen LogP contribution in [0.2, 0.25) is 0 Å². The number of nitrogens with one attached hydrogen (secondary N) is 1. The largest absolute Gasteiger partial charge is 0.391 e. The second-order valence-electron chi connectivity index (χ2n) is 5.04. The van der Waals surface area contributed by atoms with Gasteiger partial charge in [-0.1, -0.05) is 25.0 Å². The normalized spacial score (nSPS) is 22.4. The van der Waals surface area contributed by atoms with Gasteiger partial charge in [-0.2, -0.15) is 5.26 Å². The van der Waals surface area contributed by atoms with Gasteiger partial charge in [0.2, 0.25) is 5.91 Å². The minimum Gasteiger partial charge on any atom is -0.391 e. The highest BCUT2D eigenvalue weighted by Crippen LogP contribution is 2.18. The van der Waals surface area contributed by atoms with E-state index in [1.54, 1.807) is 24.3 Å². The first-order chi connectivity index (χ1) is 9.69. The lowest BCUT2D eigenvalue weighted by Gasteiger charge is -2.27. The van der Waals surface area contributed by atoms with Gasteiger partial charge in [0.1, 0.15) is 0 Å². The SMILES string of the molecule is N#Cc1cccc(C=CC(=O)NC2CCCCC2O)c1. The molecular weight excluding hydrogens is 252 g/mol. The van der Waals surface area contributed by atoms with E-state index in [0.29, 0.717) is 5.56 Å².